The molecule has 1 rings (SSSR count). The number of halogens is 4. The van der Waals surface area contributed by atoms with Gasteiger partial charge in [-0.3, -0.25) is 0 Å². The van der Waals surface area contributed by atoms with Crippen molar-refractivity contribution >= 4 is 31.9 Å². The average molecular weight is 328 g/mol. The third kappa shape index (κ3) is 2.54. The van der Waals surface area contributed by atoms with Gasteiger partial charge in [-0.1, -0.05) is 13.8 Å². The van der Waals surface area contributed by atoms with E-state index in [2.05, 4.69) is 31.9 Å². The molecule has 78 valence electrons. The molecule has 0 aromatic heterocycles. The SMILES string of the molecule is CC(C)Cc1c(F)cc(F)c(Br)c1Br. The first-order chi connectivity index (χ1) is 6.43. The fourth-order valence-electron chi connectivity index (χ4n) is 1.20. The van der Waals surface area contributed by atoms with Crippen LogP contribution in [0.5, 0.6) is 0 Å². The van der Waals surface area contributed by atoms with Crippen molar-refractivity contribution in [1.29, 1.82) is 0 Å². The fourth-order valence-corrected chi connectivity index (χ4v) is 2.09. The molecule has 0 aliphatic rings. The summed E-state index contributed by atoms with van der Waals surface area (Å²) in [5.41, 5.74) is 0.522. The summed E-state index contributed by atoms with van der Waals surface area (Å²) in [4.78, 5) is 0. The average Bonchev–Trinajstić information content (AvgIpc) is 2.09. The molecule has 0 spiro atoms. The normalized spacial score (nSPS) is 11.1. The Morgan fingerprint density at radius 1 is 1.14 bits per heavy atom. The van der Waals surface area contributed by atoms with Gasteiger partial charge < -0.3 is 0 Å². The van der Waals surface area contributed by atoms with Gasteiger partial charge in [-0.25, -0.2) is 8.78 Å². The van der Waals surface area contributed by atoms with Gasteiger partial charge in [0.25, 0.3) is 0 Å². The van der Waals surface area contributed by atoms with E-state index in [0.717, 1.165) is 6.07 Å². The molecule has 1 aromatic carbocycles. The smallest absolute Gasteiger partial charge is 0.141 e. The molecule has 0 heterocycles. The summed E-state index contributed by atoms with van der Waals surface area (Å²) < 4.78 is 27.2. The Bertz CT molecular complexity index is 348. The molecule has 0 atom stereocenters. The van der Waals surface area contributed by atoms with Crippen LogP contribution in [0.4, 0.5) is 8.78 Å². The van der Waals surface area contributed by atoms with Crippen LogP contribution >= 0.6 is 31.9 Å². The Morgan fingerprint density at radius 2 is 1.71 bits per heavy atom. The number of hydrogen-bond acceptors (Lipinski definition) is 0. The molecule has 0 unspecified atom stereocenters. The van der Waals surface area contributed by atoms with E-state index in [1.807, 2.05) is 13.8 Å². The molecule has 0 fully saturated rings. The van der Waals surface area contributed by atoms with Gasteiger partial charge in [-0.15, -0.1) is 0 Å². The van der Waals surface area contributed by atoms with Gasteiger partial charge in [0, 0.05) is 16.1 Å². The van der Waals surface area contributed by atoms with Crippen LogP contribution in [-0.4, -0.2) is 0 Å². The number of hydrogen-bond donors (Lipinski definition) is 0. The third-order valence-electron chi connectivity index (χ3n) is 1.82. The molecule has 0 amide bonds. The maximum Gasteiger partial charge on any atom is 0.141 e. The summed E-state index contributed by atoms with van der Waals surface area (Å²) in [7, 11) is 0. The highest BCUT2D eigenvalue weighted by atomic mass is 79.9. The second-order valence-corrected chi connectivity index (χ2v) is 5.13. The van der Waals surface area contributed by atoms with Crippen LogP contribution in [-0.2, 0) is 6.42 Å². The molecule has 4 heteroatoms. The van der Waals surface area contributed by atoms with Crippen molar-refractivity contribution in [3.8, 4) is 0 Å². The molecule has 0 bridgehead atoms. The summed E-state index contributed by atoms with van der Waals surface area (Å²) in [5.74, 6) is -0.744. The number of rotatable bonds is 2. The van der Waals surface area contributed by atoms with Gasteiger partial charge in [0.2, 0.25) is 0 Å². The first-order valence-corrected chi connectivity index (χ1v) is 5.84. The molecule has 0 aliphatic carbocycles. The Labute approximate surface area is 99.0 Å². The van der Waals surface area contributed by atoms with Crippen LogP contribution in [0.3, 0.4) is 0 Å². The summed E-state index contributed by atoms with van der Waals surface area (Å²) >= 11 is 6.25. The van der Waals surface area contributed by atoms with Crippen molar-refractivity contribution in [2.24, 2.45) is 5.92 Å². The van der Waals surface area contributed by atoms with Crippen LogP contribution in [0, 0.1) is 17.6 Å². The summed E-state index contributed by atoms with van der Waals surface area (Å²) in [6.07, 6.45) is 0.589. The Balaban J connectivity index is 3.22. The van der Waals surface area contributed by atoms with Crippen LogP contribution < -0.4 is 0 Å². The lowest BCUT2D eigenvalue weighted by Gasteiger charge is -2.10. The van der Waals surface area contributed by atoms with Crippen LogP contribution in [0.25, 0.3) is 0 Å². The van der Waals surface area contributed by atoms with Gasteiger partial charge in [0.1, 0.15) is 11.6 Å². The maximum absolute atomic E-state index is 13.4. The molecule has 0 saturated heterocycles. The summed E-state index contributed by atoms with van der Waals surface area (Å²) in [6.45, 7) is 3.98. The predicted octanol–water partition coefficient (Wildman–Crippen LogP) is 4.69. The molecule has 0 saturated carbocycles. The largest absolute Gasteiger partial charge is 0.207 e. The highest BCUT2D eigenvalue weighted by molar-refractivity contribution is 9.13. The first-order valence-electron chi connectivity index (χ1n) is 4.25. The van der Waals surface area contributed by atoms with Gasteiger partial charge >= 0.3 is 0 Å². The molecule has 0 radical (unpaired) electrons. The maximum atomic E-state index is 13.4. The van der Waals surface area contributed by atoms with E-state index < -0.39 is 11.6 Å². The van der Waals surface area contributed by atoms with Gasteiger partial charge in [0.05, 0.1) is 4.47 Å². The van der Waals surface area contributed by atoms with E-state index in [1.165, 1.54) is 0 Å². The van der Waals surface area contributed by atoms with Crippen LogP contribution in [0.15, 0.2) is 15.0 Å². The lowest BCUT2D eigenvalue weighted by atomic mass is 10.0. The Morgan fingerprint density at radius 3 is 2.21 bits per heavy atom. The van der Waals surface area contributed by atoms with Crippen molar-refractivity contribution in [3.63, 3.8) is 0 Å². The van der Waals surface area contributed by atoms with E-state index in [0.29, 0.717) is 22.4 Å². The van der Waals surface area contributed by atoms with Crippen LogP contribution in [0.2, 0.25) is 0 Å². The molecule has 1 aromatic rings. The molecule has 0 nitrogen and oxygen atoms in total. The molecular weight excluding hydrogens is 318 g/mol. The third-order valence-corrected chi connectivity index (χ3v) is 4.00. The minimum Gasteiger partial charge on any atom is -0.207 e. The Kier molecular flexibility index (Phi) is 4.07. The molecule has 14 heavy (non-hydrogen) atoms. The topological polar surface area (TPSA) is 0 Å². The van der Waals surface area contributed by atoms with Gasteiger partial charge in [0.15, 0.2) is 0 Å². The lowest BCUT2D eigenvalue weighted by molar-refractivity contribution is 0.546. The minimum absolute atomic E-state index is 0.287. The number of benzene rings is 1. The zero-order valence-electron chi connectivity index (χ0n) is 7.87. The Hall–Kier alpha value is 0.0400. The van der Waals surface area contributed by atoms with Crippen molar-refractivity contribution in [1.82, 2.24) is 0 Å². The van der Waals surface area contributed by atoms with Crippen molar-refractivity contribution < 1.29 is 8.78 Å². The second-order valence-electron chi connectivity index (χ2n) is 3.54. The van der Waals surface area contributed by atoms with Crippen molar-refractivity contribution in [2.45, 2.75) is 20.3 Å². The van der Waals surface area contributed by atoms with E-state index >= 15 is 0 Å². The zero-order chi connectivity index (χ0) is 10.9. The van der Waals surface area contributed by atoms with E-state index in [-0.39, 0.29) is 4.47 Å². The summed E-state index contributed by atoms with van der Waals surface area (Å²) in [5, 5.41) is 0. The highest BCUT2D eigenvalue weighted by Crippen LogP contribution is 2.32. The second kappa shape index (κ2) is 4.71. The van der Waals surface area contributed by atoms with Crippen LogP contribution in [0.1, 0.15) is 19.4 Å². The van der Waals surface area contributed by atoms with Gasteiger partial charge in [-0.05, 0) is 44.2 Å². The predicted molar refractivity (Wildman–Crippen MR) is 60.3 cm³/mol. The van der Waals surface area contributed by atoms with Crippen molar-refractivity contribution in [3.05, 3.63) is 32.2 Å². The van der Waals surface area contributed by atoms with E-state index in [1.54, 1.807) is 0 Å². The molecule has 0 aliphatic heterocycles. The first kappa shape index (κ1) is 12.1. The van der Waals surface area contributed by atoms with Gasteiger partial charge in [-0.2, -0.15) is 0 Å². The molecule has 0 N–H and O–H groups in total. The highest BCUT2D eigenvalue weighted by Gasteiger charge is 2.15. The monoisotopic (exact) mass is 326 g/mol. The lowest BCUT2D eigenvalue weighted by Crippen LogP contribution is -2.00. The minimum atomic E-state index is -0.582. The zero-order valence-corrected chi connectivity index (χ0v) is 11.0. The van der Waals surface area contributed by atoms with Crippen molar-refractivity contribution in [2.75, 3.05) is 0 Å². The summed E-state index contributed by atoms with van der Waals surface area (Å²) in [6, 6.07) is 0.909. The molecular formula is C10H10Br2F2. The van der Waals surface area contributed by atoms with E-state index in [4.69, 9.17) is 0 Å². The van der Waals surface area contributed by atoms with E-state index in [9.17, 15) is 8.78 Å². The fraction of sp³-hybridized carbons (Fsp3) is 0.400. The quantitative estimate of drug-likeness (QED) is 0.546. The standard InChI is InChI=1S/C10H10Br2F2/c1-5(2)3-6-7(13)4-8(14)10(12)9(6)11/h4-5H,3H2,1-2H3.